The summed E-state index contributed by atoms with van der Waals surface area (Å²) in [4.78, 5) is 0. The quantitative estimate of drug-likeness (QED) is 0.477. The van der Waals surface area contributed by atoms with Crippen molar-refractivity contribution in [3.63, 3.8) is 0 Å². The number of rotatable bonds is 2. The summed E-state index contributed by atoms with van der Waals surface area (Å²) >= 11 is 0. The summed E-state index contributed by atoms with van der Waals surface area (Å²) < 4.78 is 0. The third kappa shape index (κ3) is 5.23. The average molecular weight is 94.1 g/mol. The molecule has 0 unspecified atom stereocenters. The summed E-state index contributed by atoms with van der Waals surface area (Å²) in [5, 5.41) is 7.99. The Balaban J connectivity index is 2.87. The molecule has 0 aliphatic carbocycles. The van der Waals surface area contributed by atoms with Crippen LogP contribution >= 0.6 is 0 Å². The lowest BCUT2D eigenvalue weighted by Crippen LogP contribution is -1.59. The zero-order valence-corrected chi connectivity index (χ0v) is 4.22. The number of allylic oxidation sites excluding steroid dienone is 2. The van der Waals surface area contributed by atoms with Crippen LogP contribution in [0.3, 0.4) is 0 Å². The minimum absolute atomic E-state index is 0.603. The van der Waals surface area contributed by atoms with Gasteiger partial charge in [-0.1, -0.05) is 12.2 Å². The lowest BCUT2D eigenvalue weighted by Gasteiger charge is -1.74. The van der Waals surface area contributed by atoms with Gasteiger partial charge in [-0.2, -0.15) is 5.26 Å². The summed E-state index contributed by atoms with van der Waals surface area (Å²) in [6.45, 7) is 3.47. The van der Waals surface area contributed by atoms with Crippen molar-refractivity contribution in [3.05, 3.63) is 19.1 Å². The Morgan fingerprint density at radius 3 is 2.86 bits per heavy atom. The Labute approximate surface area is 44.3 Å². The molecule has 0 rings (SSSR count). The van der Waals surface area contributed by atoms with Crippen LogP contribution < -0.4 is 0 Å². The van der Waals surface area contributed by atoms with Crippen LogP contribution in [0.4, 0.5) is 0 Å². The third-order valence-corrected chi connectivity index (χ3v) is 0.589. The van der Waals surface area contributed by atoms with E-state index in [2.05, 4.69) is 6.92 Å². The second kappa shape index (κ2) is 5.23. The van der Waals surface area contributed by atoms with E-state index in [0.717, 1.165) is 6.42 Å². The number of hydrogen-bond donors (Lipinski definition) is 0. The maximum Gasteiger partial charge on any atom is 0.0624 e. The summed E-state index contributed by atoms with van der Waals surface area (Å²) in [5.74, 6) is 0. The molecule has 0 saturated heterocycles. The Morgan fingerprint density at radius 1 is 1.71 bits per heavy atom. The molecule has 0 amide bonds. The second-order valence-electron chi connectivity index (χ2n) is 1.17. The molecule has 0 aromatic heterocycles. The Hall–Kier alpha value is -0.770. The SMILES string of the molecule is [CH2]/C=C/CCC#N. The molecule has 0 aliphatic rings. The van der Waals surface area contributed by atoms with Gasteiger partial charge in [-0.05, 0) is 13.3 Å². The molecule has 7 heavy (non-hydrogen) atoms. The van der Waals surface area contributed by atoms with Gasteiger partial charge in [0.05, 0.1) is 6.07 Å². The lowest BCUT2D eigenvalue weighted by molar-refractivity contribution is 1.06. The first-order chi connectivity index (χ1) is 3.41. The lowest BCUT2D eigenvalue weighted by atomic mass is 10.3. The molecular formula is C6H8N. The van der Waals surface area contributed by atoms with Gasteiger partial charge < -0.3 is 0 Å². The minimum Gasteiger partial charge on any atom is -0.198 e. The molecule has 0 fully saturated rings. The summed E-state index contributed by atoms with van der Waals surface area (Å²) in [7, 11) is 0. The third-order valence-electron chi connectivity index (χ3n) is 0.589. The van der Waals surface area contributed by atoms with Crippen LogP contribution in [0, 0.1) is 18.3 Å². The highest BCUT2D eigenvalue weighted by molar-refractivity contribution is 4.86. The summed E-state index contributed by atoms with van der Waals surface area (Å²) in [6, 6.07) is 2.02. The van der Waals surface area contributed by atoms with E-state index in [0.29, 0.717) is 6.42 Å². The van der Waals surface area contributed by atoms with Crippen LogP contribution in [0.5, 0.6) is 0 Å². The molecule has 1 nitrogen and oxygen atoms in total. The first-order valence-electron chi connectivity index (χ1n) is 2.23. The molecule has 0 N–H and O–H groups in total. The fourth-order valence-electron chi connectivity index (χ4n) is 0.266. The van der Waals surface area contributed by atoms with Crippen LogP contribution in [-0.4, -0.2) is 0 Å². The van der Waals surface area contributed by atoms with Crippen LogP contribution in [0.2, 0.25) is 0 Å². The Bertz CT molecular complexity index is 86.8. The maximum absolute atomic E-state index is 7.99. The number of unbranched alkanes of at least 4 members (excludes halogenated alkanes) is 1. The topological polar surface area (TPSA) is 23.8 Å². The van der Waals surface area contributed by atoms with E-state index >= 15 is 0 Å². The van der Waals surface area contributed by atoms with Gasteiger partial charge in [0.1, 0.15) is 0 Å². The van der Waals surface area contributed by atoms with Gasteiger partial charge in [-0.25, -0.2) is 0 Å². The van der Waals surface area contributed by atoms with Crippen LogP contribution in [0.1, 0.15) is 12.8 Å². The second-order valence-corrected chi connectivity index (χ2v) is 1.17. The van der Waals surface area contributed by atoms with Gasteiger partial charge >= 0.3 is 0 Å². The van der Waals surface area contributed by atoms with Crippen molar-refractivity contribution in [1.82, 2.24) is 0 Å². The first kappa shape index (κ1) is 6.23. The van der Waals surface area contributed by atoms with Gasteiger partial charge in [-0.15, -0.1) is 0 Å². The highest BCUT2D eigenvalue weighted by Crippen LogP contribution is 1.85. The van der Waals surface area contributed by atoms with Gasteiger partial charge in [0, 0.05) is 6.42 Å². The molecule has 0 aliphatic heterocycles. The molecule has 1 radical (unpaired) electrons. The van der Waals surface area contributed by atoms with Crippen molar-refractivity contribution in [2.45, 2.75) is 12.8 Å². The maximum atomic E-state index is 7.99. The normalized spacial score (nSPS) is 9.14. The predicted molar refractivity (Wildman–Crippen MR) is 29.3 cm³/mol. The number of hydrogen-bond acceptors (Lipinski definition) is 1. The predicted octanol–water partition coefficient (Wildman–Crippen LogP) is 1.68. The van der Waals surface area contributed by atoms with Crippen LogP contribution in [-0.2, 0) is 0 Å². The zero-order valence-electron chi connectivity index (χ0n) is 4.22. The fourth-order valence-corrected chi connectivity index (χ4v) is 0.266. The van der Waals surface area contributed by atoms with Crippen molar-refractivity contribution in [2.75, 3.05) is 0 Å². The Kier molecular flexibility index (Phi) is 4.65. The summed E-state index contributed by atoms with van der Waals surface area (Å²) in [5.41, 5.74) is 0. The van der Waals surface area contributed by atoms with Crippen molar-refractivity contribution < 1.29 is 0 Å². The highest BCUT2D eigenvalue weighted by Gasteiger charge is 1.71. The van der Waals surface area contributed by atoms with Crippen LogP contribution in [0.25, 0.3) is 0 Å². The van der Waals surface area contributed by atoms with E-state index in [1.807, 2.05) is 12.1 Å². The van der Waals surface area contributed by atoms with Crippen molar-refractivity contribution in [2.24, 2.45) is 0 Å². The van der Waals surface area contributed by atoms with Gasteiger partial charge in [-0.3, -0.25) is 0 Å². The molecule has 0 aromatic rings. The van der Waals surface area contributed by atoms with Gasteiger partial charge in [0.15, 0.2) is 0 Å². The summed E-state index contributed by atoms with van der Waals surface area (Å²) in [6.07, 6.45) is 5.02. The number of nitriles is 1. The molecule has 0 spiro atoms. The van der Waals surface area contributed by atoms with Gasteiger partial charge in [0.25, 0.3) is 0 Å². The fraction of sp³-hybridized carbons (Fsp3) is 0.333. The van der Waals surface area contributed by atoms with Gasteiger partial charge in [0.2, 0.25) is 0 Å². The van der Waals surface area contributed by atoms with E-state index in [9.17, 15) is 0 Å². The zero-order chi connectivity index (χ0) is 5.54. The molecule has 0 heterocycles. The van der Waals surface area contributed by atoms with Crippen LogP contribution in [0.15, 0.2) is 12.2 Å². The highest BCUT2D eigenvalue weighted by atomic mass is 14.2. The molecular weight excluding hydrogens is 86.1 g/mol. The van der Waals surface area contributed by atoms with Crippen molar-refractivity contribution in [1.29, 1.82) is 5.26 Å². The molecule has 37 valence electrons. The Morgan fingerprint density at radius 2 is 2.43 bits per heavy atom. The molecule has 0 bridgehead atoms. The van der Waals surface area contributed by atoms with E-state index in [1.165, 1.54) is 0 Å². The van der Waals surface area contributed by atoms with E-state index in [-0.39, 0.29) is 0 Å². The van der Waals surface area contributed by atoms with E-state index in [1.54, 1.807) is 6.08 Å². The molecule has 1 heteroatoms. The minimum atomic E-state index is 0.603. The first-order valence-corrected chi connectivity index (χ1v) is 2.23. The van der Waals surface area contributed by atoms with Crippen molar-refractivity contribution in [3.8, 4) is 6.07 Å². The molecule has 0 aromatic carbocycles. The molecule has 0 atom stereocenters. The monoisotopic (exact) mass is 94.1 g/mol. The standard InChI is InChI=1S/C6H8N/c1-2-3-4-5-6-7/h2-3H,1,4-5H2/b3-2+. The average Bonchev–Trinajstić information content (AvgIpc) is 1.69. The van der Waals surface area contributed by atoms with Crippen molar-refractivity contribution >= 4 is 0 Å². The smallest absolute Gasteiger partial charge is 0.0624 e. The largest absolute Gasteiger partial charge is 0.198 e. The van der Waals surface area contributed by atoms with E-state index < -0.39 is 0 Å². The number of nitrogens with zero attached hydrogens (tertiary/aromatic N) is 1. The molecule has 0 saturated carbocycles. The van der Waals surface area contributed by atoms with E-state index in [4.69, 9.17) is 5.26 Å².